The maximum atomic E-state index is 12.6. The third kappa shape index (κ3) is 3.20. The average molecular weight is 321 g/mol. The quantitative estimate of drug-likeness (QED) is 0.802. The molecule has 0 saturated carbocycles. The molecule has 0 aliphatic heterocycles. The molecule has 3 rings (SSSR count). The standard InChI is InChI=1S/C19H19N3O2/c1-13-7-3-4-8-14(13)12-22(2)18(23)11-17-15-9-5-6-10-16(15)19(24)21-20-17/h3-10H,11-12H2,1-2H3,(H,21,24). The number of carbonyl (C=O) groups excluding carboxylic acids is 1. The Balaban J connectivity index is 1.81. The largest absolute Gasteiger partial charge is 0.341 e. The molecule has 1 amide bonds. The Kier molecular flexibility index (Phi) is 4.42. The van der Waals surface area contributed by atoms with Gasteiger partial charge in [0, 0.05) is 19.0 Å². The fraction of sp³-hybridized carbons (Fsp3) is 0.211. The van der Waals surface area contributed by atoms with E-state index in [1.54, 1.807) is 24.1 Å². The van der Waals surface area contributed by atoms with Gasteiger partial charge in [-0.15, -0.1) is 0 Å². The topological polar surface area (TPSA) is 66.1 Å². The van der Waals surface area contributed by atoms with Crippen LogP contribution in [-0.4, -0.2) is 28.1 Å². The highest BCUT2D eigenvalue weighted by Gasteiger charge is 2.15. The van der Waals surface area contributed by atoms with E-state index in [2.05, 4.69) is 10.2 Å². The lowest BCUT2D eigenvalue weighted by Crippen LogP contribution is -2.29. The van der Waals surface area contributed by atoms with Crippen LogP contribution in [0.5, 0.6) is 0 Å². The summed E-state index contributed by atoms with van der Waals surface area (Å²) in [5.41, 5.74) is 2.62. The van der Waals surface area contributed by atoms with Crippen molar-refractivity contribution in [1.82, 2.24) is 15.1 Å². The number of nitrogens with one attached hydrogen (secondary N) is 1. The highest BCUT2D eigenvalue weighted by Crippen LogP contribution is 2.15. The number of aryl methyl sites for hydroxylation is 1. The van der Waals surface area contributed by atoms with Crippen molar-refractivity contribution >= 4 is 16.7 Å². The lowest BCUT2D eigenvalue weighted by Gasteiger charge is -2.18. The lowest BCUT2D eigenvalue weighted by atomic mass is 10.1. The number of aromatic amines is 1. The van der Waals surface area contributed by atoms with E-state index in [9.17, 15) is 9.59 Å². The van der Waals surface area contributed by atoms with Crippen LogP contribution in [0, 0.1) is 6.92 Å². The second kappa shape index (κ2) is 6.66. The summed E-state index contributed by atoms with van der Waals surface area (Å²) in [5, 5.41) is 7.81. The molecule has 0 spiro atoms. The van der Waals surface area contributed by atoms with Crippen LogP contribution >= 0.6 is 0 Å². The highest BCUT2D eigenvalue weighted by atomic mass is 16.2. The SMILES string of the molecule is Cc1ccccc1CN(C)C(=O)Cc1n[nH]c(=O)c2ccccc12. The van der Waals surface area contributed by atoms with Gasteiger partial charge in [-0.1, -0.05) is 42.5 Å². The fourth-order valence-corrected chi connectivity index (χ4v) is 2.72. The Morgan fingerprint density at radius 3 is 2.50 bits per heavy atom. The van der Waals surface area contributed by atoms with Crippen LogP contribution in [0.3, 0.4) is 0 Å². The zero-order valence-electron chi connectivity index (χ0n) is 13.7. The van der Waals surface area contributed by atoms with Crippen molar-refractivity contribution in [2.75, 3.05) is 7.05 Å². The first-order valence-electron chi connectivity index (χ1n) is 7.81. The van der Waals surface area contributed by atoms with Gasteiger partial charge in [-0.05, 0) is 24.1 Å². The summed E-state index contributed by atoms with van der Waals surface area (Å²) in [7, 11) is 1.78. The average Bonchev–Trinajstić information content (AvgIpc) is 2.59. The minimum atomic E-state index is -0.241. The van der Waals surface area contributed by atoms with Crippen molar-refractivity contribution in [3.05, 3.63) is 75.7 Å². The number of likely N-dealkylation sites (N-methyl/N-ethyl adjacent to an activating group) is 1. The first-order valence-corrected chi connectivity index (χ1v) is 7.81. The van der Waals surface area contributed by atoms with Gasteiger partial charge in [0.05, 0.1) is 17.5 Å². The summed E-state index contributed by atoms with van der Waals surface area (Å²) in [6.45, 7) is 2.58. The summed E-state index contributed by atoms with van der Waals surface area (Å²) in [6, 6.07) is 15.2. The molecule has 1 heterocycles. The van der Waals surface area contributed by atoms with E-state index in [1.807, 2.05) is 43.3 Å². The van der Waals surface area contributed by atoms with E-state index in [4.69, 9.17) is 0 Å². The minimum Gasteiger partial charge on any atom is -0.341 e. The number of aromatic nitrogens is 2. The third-order valence-corrected chi connectivity index (χ3v) is 4.19. The number of rotatable bonds is 4. The van der Waals surface area contributed by atoms with Gasteiger partial charge < -0.3 is 4.90 Å². The van der Waals surface area contributed by atoms with E-state index in [0.29, 0.717) is 17.6 Å². The number of H-pyrrole nitrogens is 1. The molecular formula is C19H19N3O2. The maximum absolute atomic E-state index is 12.6. The van der Waals surface area contributed by atoms with Crippen molar-refractivity contribution in [2.24, 2.45) is 0 Å². The normalized spacial score (nSPS) is 10.8. The van der Waals surface area contributed by atoms with E-state index >= 15 is 0 Å². The predicted octanol–water partition coefficient (Wildman–Crippen LogP) is 2.43. The number of hydrogen-bond acceptors (Lipinski definition) is 3. The van der Waals surface area contributed by atoms with Gasteiger partial charge in [-0.2, -0.15) is 5.10 Å². The Hall–Kier alpha value is -2.95. The van der Waals surface area contributed by atoms with Crippen molar-refractivity contribution in [3.8, 4) is 0 Å². The summed E-state index contributed by atoms with van der Waals surface area (Å²) in [5.74, 6) is -0.0389. The molecule has 0 aliphatic carbocycles. The van der Waals surface area contributed by atoms with Crippen LogP contribution in [-0.2, 0) is 17.8 Å². The molecule has 0 radical (unpaired) electrons. The zero-order valence-corrected chi connectivity index (χ0v) is 13.7. The molecule has 24 heavy (non-hydrogen) atoms. The number of fused-ring (bicyclic) bond motifs is 1. The van der Waals surface area contributed by atoms with Gasteiger partial charge >= 0.3 is 0 Å². The molecule has 0 saturated heterocycles. The van der Waals surface area contributed by atoms with Crippen LogP contribution in [0.15, 0.2) is 53.3 Å². The van der Waals surface area contributed by atoms with Gasteiger partial charge in [-0.3, -0.25) is 9.59 Å². The molecule has 0 unspecified atom stereocenters. The van der Waals surface area contributed by atoms with Gasteiger partial charge in [0.2, 0.25) is 5.91 Å². The van der Waals surface area contributed by atoms with Gasteiger partial charge in [0.1, 0.15) is 0 Å². The minimum absolute atomic E-state index is 0.0389. The first-order chi connectivity index (χ1) is 11.6. The summed E-state index contributed by atoms with van der Waals surface area (Å²) in [4.78, 5) is 26.1. The van der Waals surface area contributed by atoms with Crippen molar-refractivity contribution in [3.63, 3.8) is 0 Å². The van der Waals surface area contributed by atoms with Crippen LogP contribution in [0.1, 0.15) is 16.8 Å². The van der Waals surface area contributed by atoms with Crippen molar-refractivity contribution in [2.45, 2.75) is 19.9 Å². The molecule has 2 aromatic carbocycles. The Morgan fingerprint density at radius 2 is 1.75 bits per heavy atom. The van der Waals surface area contributed by atoms with Gasteiger partial charge in [0.15, 0.2) is 0 Å². The smallest absolute Gasteiger partial charge is 0.272 e. The maximum Gasteiger partial charge on any atom is 0.272 e. The summed E-state index contributed by atoms with van der Waals surface area (Å²) >= 11 is 0. The molecular weight excluding hydrogens is 302 g/mol. The molecule has 0 aliphatic rings. The molecule has 0 atom stereocenters. The highest BCUT2D eigenvalue weighted by molar-refractivity contribution is 5.88. The Labute approximate surface area is 139 Å². The molecule has 122 valence electrons. The summed E-state index contributed by atoms with van der Waals surface area (Å²) < 4.78 is 0. The zero-order chi connectivity index (χ0) is 17.1. The molecule has 0 fully saturated rings. The van der Waals surface area contributed by atoms with Crippen molar-refractivity contribution < 1.29 is 4.79 Å². The first kappa shape index (κ1) is 15.9. The molecule has 5 nitrogen and oxygen atoms in total. The second-order valence-corrected chi connectivity index (χ2v) is 5.90. The Bertz CT molecular complexity index is 946. The van der Waals surface area contributed by atoms with E-state index in [1.165, 1.54) is 0 Å². The van der Waals surface area contributed by atoms with E-state index in [-0.39, 0.29) is 17.9 Å². The third-order valence-electron chi connectivity index (χ3n) is 4.19. The van der Waals surface area contributed by atoms with Crippen LogP contribution in [0.2, 0.25) is 0 Å². The number of carbonyl (C=O) groups is 1. The number of benzene rings is 2. The van der Waals surface area contributed by atoms with Crippen LogP contribution in [0.25, 0.3) is 10.8 Å². The second-order valence-electron chi connectivity index (χ2n) is 5.90. The summed E-state index contributed by atoms with van der Waals surface area (Å²) in [6.07, 6.45) is 0.152. The lowest BCUT2D eigenvalue weighted by molar-refractivity contribution is -0.129. The molecule has 0 bridgehead atoms. The number of hydrogen-bond donors (Lipinski definition) is 1. The van der Waals surface area contributed by atoms with Crippen molar-refractivity contribution in [1.29, 1.82) is 0 Å². The van der Waals surface area contributed by atoms with E-state index < -0.39 is 0 Å². The van der Waals surface area contributed by atoms with E-state index in [0.717, 1.165) is 16.5 Å². The monoisotopic (exact) mass is 321 g/mol. The van der Waals surface area contributed by atoms with Crippen LogP contribution in [0.4, 0.5) is 0 Å². The Morgan fingerprint density at radius 1 is 1.08 bits per heavy atom. The molecule has 3 aromatic rings. The number of nitrogens with zero attached hydrogens (tertiary/aromatic N) is 2. The number of amides is 1. The molecule has 1 aromatic heterocycles. The molecule has 5 heteroatoms. The van der Waals surface area contributed by atoms with Crippen LogP contribution < -0.4 is 5.56 Å². The van der Waals surface area contributed by atoms with Gasteiger partial charge in [0.25, 0.3) is 5.56 Å². The molecule has 1 N–H and O–H groups in total. The fourth-order valence-electron chi connectivity index (χ4n) is 2.72. The van der Waals surface area contributed by atoms with Gasteiger partial charge in [-0.25, -0.2) is 5.10 Å². The predicted molar refractivity (Wildman–Crippen MR) is 93.7 cm³/mol.